The predicted octanol–water partition coefficient (Wildman–Crippen LogP) is 7.78. The van der Waals surface area contributed by atoms with Crippen LogP contribution in [0.15, 0.2) is 12.2 Å². The number of hydrogen-bond acceptors (Lipinski definition) is 9. The molecule has 0 rings (SSSR count). The highest BCUT2D eigenvalue weighted by Gasteiger charge is 2.28. The largest absolute Gasteiger partial charge is 0.480 e. The number of rotatable bonds is 32. The van der Waals surface area contributed by atoms with Crippen LogP contribution in [0.1, 0.15) is 149 Å². The number of aliphatic carboxylic acids is 1. The average molecular weight is 664 g/mol. The molecular weight excluding hydrogens is 601 g/mol. The summed E-state index contributed by atoms with van der Waals surface area (Å²) >= 11 is 0. The molecule has 0 bridgehead atoms. The van der Waals surface area contributed by atoms with Crippen LogP contribution in [0.3, 0.4) is 0 Å². The SMILES string of the molecule is CCCCCC/C=C\CCCCCCCC(=O)OC(COC(=O)CCCCCCCCCC)COP(=O)(O)OCC(N)C(=O)O. The summed E-state index contributed by atoms with van der Waals surface area (Å²) in [5, 5.41) is 8.82. The van der Waals surface area contributed by atoms with Gasteiger partial charge in [-0.1, -0.05) is 109 Å². The van der Waals surface area contributed by atoms with Gasteiger partial charge in [0.2, 0.25) is 0 Å². The van der Waals surface area contributed by atoms with Gasteiger partial charge in [-0.2, -0.15) is 0 Å². The van der Waals surface area contributed by atoms with Gasteiger partial charge in [-0.25, -0.2) is 4.57 Å². The molecular formula is C33H62NO10P. The number of hydrogen-bond donors (Lipinski definition) is 3. The van der Waals surface area contributed by atoms with Crippen molar-refractivity contribution in [2.24, 2.45) is 5.73 Å². The molecule has 0 aliphatic carbocycles. The van der Waals surface area contributed by atoms with E-state index in [4.69, 9.17) is 24.8 Å². The molecule has 45 heavy (non-hydrogen) atoms. The fourth-order valence-electron chi connectivity index (χ4n) is 4.47. The second-order valence-electron chi connectivity index (χ2n) is 11.7. The monoisotopic (exact) mass is 663 g/mol. The zero-order valence-electron chi connectivity index (χ0n) is 28.0. The molecule has 0 radical (unpaired) electrons. The van der Waals surface area contributed by atoms with Gasteiger partial charge < -0.3 is 25.2 Å². The van der Waals surface area contributed by atoms with Crippen LogP contribution in [0.5, 0.6) is 0 Å². The van der Waals surface area contributed by atoms with Crippen LogP contribution in [-0.4, -0.2) is 59.9 Å². The quantitative estimate of drug-likeness (QED) is 0.0278. The first-order valence-electron chi connectivity index (χ1n) is 17.2. The van der Waals surface area contributed by atoms with Crippen LogP contribution < -0.4 is 5.73 Å². The zero-order chi connectivity index (χ0) is 33.6. The van der Waals surface area contributed by atoms with Crippen LogP contribution in [0.25, 0.3) is 0 Å². The third-order valence-electron chi connectivity index (χ3n) is 7.26. The number of esters is 2. The Labute approximate surface area is 271 Å². The maximum absolute atomic E-state index is 12.5. The summed E-state index contributed by atoms with van der Waals surface area (Å²) < 4.78 is 32.4. The lowest BCUT2D eigenvalue weighted by Gasteiger charge is -2.20. The lowest BCUT2D eigenvalue weighted by molar-refractivity contribution is -0.161. The molecule has 0 saturated heterocycles. The highest BCUT2D eigenvalue weighted by atomic mass is 31.2. The number of phosphoric ester groups is 1. The minimum Gasteiger partial charge on any atom is -0.480 e. The van der Waals surface area contributed by atoms with Crippen molar-refractivity contribution < 1.29 is 47.5 Å². The first-order valence-corrected chi connectivity index (χ1v) is 18.7. The molecule has 0 aromatic carbocycles. The Balaban J connectivity index is 4.50. The van der Waals surface area contributed by atoms with Crippen molar-refractivity contribution in [3.05, 3.63) is 12.2 Å². The first-order chi connectivity index (χ1) is 21.6. The molecule has 0 aliphatic heterocycles. The zero-order valence-corrected chi connectivity index (χ0v) is 28.9. The van der Waals surface area contributed by atoms with E-state index >= 15 is 0 Å². The van der Waals surface area contributed by atoms with E-state index in [-0.39, 0.29) is 19.4 Å². The molecule has 0 heterocycles. The van der Waals surface area contributed by atoms with Crippen molar-refractivity contribution in [3.8, 4) is 0 Å². The van der Waals surface area contributed by atoms with Gasteiger partial charge in [0.25, 0.3) is 0 Å². The summed E-state index contributed by atoms with van der Waals surface area (Å²) in [6, 6.07) is -1.52. The van der Waals surface area contributed by atoms with E-state index < -0.39 is 51.1 Å². The van der Waals surface area contributed by atoms with Crippen molar-refractivity contribution in [2.75, 3.05) is 19.8 Å². The first kappa shape index (κ1) is 43.2. The number of carboxylic acids is 1. The van der Waals surface area contributed by atoms with Gasteiger partial charge in [-0.05, 0) is 38.5 Å². The van der Waals surface area contributed by atoms with Gasteiger partial charge in [0.1, 0.15) is 12.6 Å². The lowest BCUT2D eigenvalue weighted by atomic mass is 10.1. The fourth-order valence-corrected chi connectivity index (χ4v) is 5.25. The van der Waals surface area contributed by atoms with E-state index in [2.05, 4.69) is 30.5 Å². The number of carbonyl (C=O) groups is 3. The van der Waals surface area contributed by atoms with E-state index in [9.17, 15) is 23.8 Å². The number of carboxylic acid groups (broad SMARTS) is 1. The van der Waals surface area contributed by atoms with E-state index in [1.54, 1.807) is 0 Å². The number of ether oxygens (including phenoxy) is 2. The smallest absolute Gasteiger partial charge is 0.472 e. The van der Waals surface area contributed by atoms with Crippen LogP contribution in [0.4, 0.5) is 0 Å². The third-order valence-corrected chi connectivity index (χ3v) is 8.21. The van der Waals surface area contributed by atoms with Gasteiger partial charge in [-0.15, -0.1) is 0 Å². The Hall–Kier alpha value is -1.78. The van der Waals surface area contributed by atoms with Crippen molar-refractivity contribution in [1.29, 1.82) is 0 Å². The molecule has 0 aromatic rings. The summed E-state index contributed by atoms with van der Waals surface area (Å²) in [6.07, 6.45) is 24.4. The second kappa shape index (κ2) is 29.6. The normalized spacial score (nSPS) is 14.2. The van der Waals surface area contributed by atoms with Crippen LogP contribution in [-0.2, 0) is 37.5 Å². The minimum absolute atomic E-state index is 0.154. The summed E-state index contributed by atoms with van der Waals surface area (Å²) in [6.45, 7) is 2.71. The lowest BCUT2D eigenvalue weighted by Crippen LogP contribution is -2.34. The topological polar surface area (TPSA) is 172 Å². The molecule has 4 N–H and O–H groups in total. The molecule has 0 aliphatic rings. The van der Waals surface area contributed by atoms with Crippen molar-refractivity contribution in [1.82, 2.24) is 0 Å². The number of unbranched alkanes of at least 4 members (excludes halogenated alkanes) is 16. The van der Waals surface area contributed by atoms with E-state index in [0.29, 0.717) is 12.8 Å². The van der Waals surface area contributed by atoms with Crippen LogP contribution in [0, 0.1) is 0 Å². The van der Waals surface area contributed by atoms with Gasteiger partial charge in [0.05, 0.1) is 13.2 Å². The molecule has 12 heteroatoms. The summed E-state index contributed by atoms with van der Waals surface area (Å²) in [4.78, 5) is 45.4. The summed E-state index contributed by atoms with van der Waals surface area (Å²) in [7, 11) is -4.70. The number of allylic oxidation sites excluding steroid dienone is 2. The number of carbonyl (C=O) groups excluding carboxylic acids is 2. The van der Waals surface area contributed by atoms with E-state index in [0.717, 1.165) is 57.8 Å². The maximum Gasteiger partial charge on any atom is 0.472 e. The maximum atomic E-state index is 12.5. The van der Waals surface area contributed by atoms with Gasteiger partial charge in [0, 0.05) is 12.8 Å². The van der Waals surface area contributed by atoms with Gasteiger partial charge in [-0.3, -0.25) is 23.4 Å². The average Bonchev–Trinajstić information content (AvgIpc) is 3.00. The number of nitrogens with two attached hydrogens (primary N) is 1. The highest BCUT2D eigenvalue weighted by molar-refractivity contribution is 7.47. The molecule has 3 unspecified atom stereocenters. The van der Waals surface area contributed by atoms with E-state index in [1.165, 1.54) is 51.4 Å². The molecule has 0 spiro atoms. The minimum atomic E-state index is -4.70. The third kappa shape index (κ3) is 29.4. The Bertz CT molecular complexity index is 838. The predicted molar refractivity (Wildman–Crippen MR) is 176 cm³/mol. The molecule has 264 valence electrons. The highest BCUT2D eigenvalue weighted by Crippen LogP contribution is 2.43. The second-order valence-corrected chi connectivity index (χ2v) is 13.1. The Morgan fingerprint density at radius 2 is 1.11 bits per heavy atom. The van der Waals surface area contributed by atoms with Gasteiger partial charge in [0.15, 0.2) is 6.10 Å². The Morgan fingerprint density at radius 3 is 1.64 bits per heavy atom. The molecule has 0 amide bonds. The number of phosphoric acid groups is 1. The summed E-state index contributed by atoms with van der Waals surface area (Å²) in [5.74, 6) is -2.39. The summed E-state index contributed by atoms with van der Waals surface area (Å²) in [5.41, 5.74) is 5.29. The molecule has 3 atom stereocenters. The standard InChI is InChI=1S/C33H62NO10P/c1-3-5-7-9-11-13-14-15-16-17-19-21-23-25-32(36)44-29(27-42-45(39,40)43-28-30(34)33(37)38)26-41-31(35)24-22-20-18-12-10-8-6-4-2/h13-14,29-30H,3-12,15-28,34H2,1-2H3,(H,37,38)(H,39,40)/b14-13-. The Kier molecular flexibility index (Phi) is 28.4. The molecule has 0 aromatic heterocycles. The van der Waals surface area contributed by atoms with Crippen molar-refractivity contribution >= 4 is 25.7 Å². The molecule has 0 fully saturated rings. The van der Waals surface area contributed by atoms with Gasteiger partial charge >= 0.3 is 25.7 Å². The van der Waals surface area contributed by atoms with Crippen LogP contribution >= 0.6 is 7.82 Å². The molecule has 11 nitrogen and oxygen atoms in total. The van der Waals surface area contributed by atoms with E-state index in [1.807, 2.05) is 0 Å². The van der Waals surface area contributed by atoms with Crippen molar-refractivity contribution in [2.45, 2.75) is 161 Å². The fraction of sp³-hybridized carbons (Fsp3) is 0.848. The Morgan fingerprint density at radius 1 is 0.667 bits per heavy atom. The van der Waals surface area contributed by atoms with Crippen molar-refractivity contribution in [3.63, 3.8) is 0 Å². The van der Waals surface area contributed by atoms with Crippen LogP contribution in [0.2, 0.25) is 0 Å². The molecule has 0 saturated carbocycles.